The zero-order valence-corrected chi connectivity index (χ0v) is 12.8. The molecule has 0 spiro atoms. The summed E-state index contributed by atoms with van der Waals surface area (Å²) in [6.07, 6.45) is 3.83. The number of benzene rings is 1. The largest absolute Gasteiger partial charge is 0.333 e. The van der Waals surface area contributed by atoms with Crippen LogP contribution in [0.3, 0.4) is 0 Å². The quantitative estimate of drug-likeness (QED) is 0.813. The van der Waals surface area contributed by atoms with E-state index in [1.807, 2.05) is 45.3 Å². The lowest BCUT2D eigenvalue weighted by Crippen LogP contribution is -2.43. The lowest BCUT2D eigenvalue weighted by Gasteiger charge is -2.32. The highest BCUT2D eigenvalue weighted by Gasteiger charge is 2.27. The number of rotatable bonds is 3. The average Bonchev–Trinajstić information content (AvgIpc) is 2.95. The van der Waals surface area contributed by atoms with E-state index in [1.54, 1.807) is 0 Å². The standard InChI is InChI=1S/C17H21N3O/c1-12-4-5-13(2)15(10-12)17(21)14(3)20-9-8-19-7-6-18-16(19)11-20/h4-7,10,14H,8-9,11H2,1-3H3. The smallest absolute Gasteiger partial charge is 0.179 e. The topological polar surface area (TPSA) is 38.1 Å². The first-order valence-electron chi connectivity index (χ1n) is 7.42. The van der Waals surface area contributed by atoms with Crippen LogP contribution in [0.2, 0.25) is 0 Å². The molecule has 0 N–H and O–H groups in total. The predicted molar refractivity (Wildman–Crippen MR) is 82.3 cm³/mol. The van der Waals surface area contributed by atoms with E-state index in [2.05, 4.69) is 20.5 Å². The van der Waals surface area contributed by atoms with Gasteiger partial charge < -0.3 is 4.57 Å². The molecule has 0 bridgehead atoms. The summed E-state index contributed by atoms with van der Waals surface area (Å²) in [5, 5.41) is 0. The first-order chi connectivity index (χ1) is 10.1. The lowest BCUT2D eigenvalue weighted by molar-refractivity contribution is 0.0792. The number of hydrogen-bond donors (Lipinski definition) is 0. The van der Waals surface area contributed by atoms with Gasteiger partial charge >= 0.3 is 0 Å². The van der Waals surface area contributed by atoms with E-state index in [4.69, 9.17) is 0 Å². The molecule has 1 atom stereocenters. The number of carbonyl (C=O) groups is 1. The van der Waals surface area contributed by atoms with E-state index in [-0.39, 0.29) is 11.8 Å². The van der Waals surface area contributed by atoms with Crippen molar-refractivity contribution in [1.29, 1.82) is 0 Å². The Balaban J connectivity index is 1.81. The Bertz CT molecular complexity index is 674. The van der Waals surface area contributed by atoms with Crippen LogP contribution in [0.4, 0.5) is 0 Å². The van der Waals surface area contributed by atoms with E-state index in [9.17, 15) is 4.79 Å². The molecule has 0 saturated carbocycles. The molecular formula is C17H21N3O. The number of fused-ring (bicyclic) bond motifs is 1. The van der Waals surface area contributed by atoms with Crippen LogP contribution in [-0.2, 0) is 13.1 Å². The van der Waals surface area contributed by atoms with Gasteiger partial charge in [-0.25, -0.2) is 4.98 Å². The maximum absolute atomic E-state index is 12.8. The molecule has 0 fully saturated rings. The second kappa shape index (κ2) is 5.45. The van der Waals surface area contributed by atoms with Crippen molar-refractivity contribution in [2.75, 3.05) is 6.54 Å². The summed E-state index contributed by atoms with van der Waals surface area (Å²) in [4.78, 5) is 19.4. The fraction of sp³-hybridized carbons (Fsp3) is 0.412. The Hall–Kier alpha value is -1.94. The molecule has 0 aliphatic carbocycles. The Morgan fingerprint density at radius 1 is 1.29 bits per heavy atom. The Labute approximate surface area is 125 Å². The Morgan fingerprint density at radius 3 is 2.90 bits per heavy atom. The van der Waals surface area contributed by atoms with Gasteiger partial charge in [-0.05, 0) is 32.4 Å². The van der Waals surface area contributed by atoms with Gasteiger partial charge in [0, 0.05) is 31.0 Å². The van der Waals surface area contributed by atoms with Crippen molar-refractivity contribution < 1.29 is 4.79 Å². The van der Waals surface area contributed by atoms with Gasteiger partial charge in [-0.15, -0.1) is 0 Å². The molecule has 1 aliphatic rings. The van der Waals surface area contributed by atoms with Crippen LogP contribution >= 0.6 is 0 Å². The number of hydrogen-bond acceptors (Lipinski definition) is 3. The lowest BCUT2D eigenvalue weighted by atomic mass is 9.97. The van der Waals surface area contributed by atoms with Crippen molar-refractivity contribution in [1.82, 2.24) is 14.5 Å². The van der Waals surface area contributed by atoms with Crippen molar-refractivity contribution in [2.45, 2.75) is 39.9 Å². The van der Waals surface area contributed by atoms with E-state index < -0.39 is 0 Å². The van der Waals surface area contributed by atoms with Gasteiger partial charge in [0.05, 0.1) is 12.6 Å². The van der Waals surface area contributed by atoms with Crippen LogP contribution < -0.4 is 0 Å². The first kappa shape index (κ1) is 14.0. The van der Waals surface area contributed by atoms with Crippen molar-refractivity contribution in [3.8, 4) is 0 Å². The highest BCUT2D eigenvalue weighted by molar-refractivity contribution is 6.01. The zero-order valence-electron chi connectivity index (χ0n) is 12.8. The number of ketones is 1. The van der Waals surface area contributed by atoms with Crippen LogP contribution in [0.25, 0.3) is 0 Å². The van der Waals surface area contributed by atoms with Crippen molar-refractivity contribution in [2.24, 2.45) is 0 Å². The summed E-state index contributed by atoms with van der Waals surface area (Å²) in [6, 6.07) is 5.96. The monoisotopic (exact) mass is 283 g/mol. The summed E-state index contributed by atoms with van der Waals surface area (Å²) in [5.74, 6) is 1.25. The van der Waals surface area contributed by atoms with Crippen LogP contribution in [0.5, 0.6) is 0 Å². The van der Waals surface area contributed by atoms with Crippen LogP contribution in [0.15, 0.2) is 30.6 Å². The minimum Gasteiger partial charge on any atom is -0.333 e. The molecule has 2 heterocycles. The predicted octanol–water partition coefficient (Wildman–Crippen LogP) is 2.59. The fourth-order valence-corrected chi connectivity index (χ4v) is 2.91. The van der Waals surface area contributed by atoms with Gasteiger partial charge in [0.15, 0.2) is 5.78 Å². The first-order valence-corrected chi connectivity index (χ1v) is 7.42. The molecule has 1 aromatic carbocycles. The normalized spacial score (nSPS) is 16.5. The van der Waals surface area contributed by atoms with Gasteiger partial charge in [-0.2, -0.15) is 0 Å². The van der Waals surface area contributed by atoms with Gasteiger partial charge in [0.2, 0.25) is 0 Å². The Morgan fingerprint density at radius 2 is 2.10 bits per heavy atom. The van der Waals surface area contributed by atoms with Crippen LogP contribution in [0.1, 0.15) is 34.2 Å². The SMILES string of the molecule is Cc1ccc(C)c(C(=O)C(C)N2CCn3ccnc3C2)c1. The van der Waals surface area contributed by atoms with E-state index in [0.29, 0.717) is 0 Å². The molecule has 0 radical (unpaired) electrons. The number of Topliss-reactive ketones (excluding diaryl/α,β-unsaturated/α-hetero) is 1. The van der Waals surface area contributed by atoms with Gasteiger partial charge in [-0.3, -0.25) is 9.69 Å². The highest BCUT2D eigenvalue weighted by atomic mass is 16.1. The highest BCUT2D eigenvalue weighted by Crippen LogP contribution is 2.19. The van der Waals surface area contributed by atoms with E-state index >= 15 is 0 Å². The molecular weight excluding hydrogens is 262 g/mol. The average molecular weight is 283 g/mol. The van der Waals surface area contributed by atoms with Crippen LogP contribution in [0, 0.1) is 13.8 Å². The summed E-state index contributed by atoms with van der Waals surface area (Å²) < 4.78 is 2.16. The molecule has 1 aliphatic heterocycles. The molecule has 4 nitrogen and oxygen atoms in total. The molecule has 110 valence electrons. The van der Waals surface area contributed by atoms with Crippen molar-refractivity contribution in [3.05, 3.63) is 53.1 Å². The third-order valence-electron chi connectivity index (χ3n) is 4.36. The maximum Gasteiger partial charge on any atom is 0.179 e. The molecule has 1 aromatic heterocycles. The van der Waals surface area contributed by atoms with Gasteiger partial charge in [-0.1, -0.05) is 17.7 Å². The summed E-state index contributed by atoms with van der Waals surface area (Å²) >= 11 is 0. The molecule has 4 heteroatoms. The minimum absolute atomic E-state index is 0.115. The number of nitrogens with zero attached hydrogens (tertiary/aromatic N) is 3. The number of aromatic nitrogens is 2. The molecule has 1 unspecified atom stereocenters. The minimum atomic E-state index is -0.115. The van der Waals surface area contributed by atoms with Gasteiger partial charge in [0.1, 0.15) is 5.82 Å². The molecule has 3 rings (SSSR count). The van der Waals surface area contributed by atoms with Gasteiger partial charge in [0.25, 0.3) is 0 Å². The van der Waals surface area contributed by atoms with Crippen LogP contribution in [-0.4, -0.2) is 32.8 Å². The molecule has 2 aromatic rings. The van der Waals surface area contributed by atoms with E-state index in [0.717, 1.165) is 42.1 Å². The number of carbonyl (C=O) groups excluding carboxylic acids is 1. The summed E-state index contributed by atoms with van der Waals surface area (Å²) in [7, 11) is 0. The van der Waals surface area contributed by atoms with Crippen molar-refractivity contribution >= 4 is 5.78 Å². The fourth-order valence-electron chi connectivity index (χ4n) is 2.91. The third kappa shape index (κ3) is 2.63. The second-order valence-corrected chi connectivity index (χ2v) is 5.87. The summed E-state index contributed by atoms with van der Waals surface area (Å²) in [5.41, 5.74) is 3.03. The number of aryl methyl sites for hydroxylation is 2. The maximum atomic E-state index is 12.8. The molecule has 21 heavy (non-hydrogen) atoms. The zero-order chi connectivity index (χ0) is 15.0. The number of imidazole rings is 1. The van der Waals surface area contributed by atoms with E-state index in [1.165, 1.54) is 0 Å². The van der Waals surface area contributed by atoms with Crippen molar-refractivity contribution in [3.63, 3.8) is 0 Å². The summed E-state index contributed by atoms with van der Waals surface area (Å²) in [6.45, 7) is 8.56. The second-order valence-electron chi connectivity index (χ2n) is 5.87. The molecule has 0 saturated heterocycles. The molecule has 0 amide bonds. The Kier molecular flexibility index (Phi) is 3.64. The third-order valence-corrected chi connectivity index (χ3v) is 4.36.